The maximum atomic E-state index is 11.0. The molecule has 0 aliphatic heterocycles. The molecule has 0 bridgehead atoms. The molecule has 4 nitrogen and oxygen atoms in total. The molecule has 0 unspecified atom stereocenters. The van der Waals surface area contributed by atoms with Gasteiger partial charge in [-0.2, -0.15) is 0 Å². The number of nitrogens with zero attached hydrogens (tertiary/aromatic N) is 3. The molecule has 0 atom stereocenters. The summed E-state index contributed by atoms with van der Waals surface area (Å²) in [6.45, 7) is 1.89. The molecule has 0 aliphatic rings. The standard InChI is InChI=1S/C14H10ClN3OS/c1-9-7-12(13-11(15)4-6-20-13)17-14(16-9)18-5-2-3-10(18)8-19/h2-8H,1H3. The van der Waals surface area contributed by atoms with Gasteiger partial charge in [0, 0.05) is 11.9 Å². The van der Waals surface area contributed by atoms with Gasteiger partial charge in [-0.3, -0.25) is 9.36 Å². The molecule has 0 saturated carbocycles. The van der Waals surface area contributed by atoms with Crippen LogP contribution in [-0.2, 0) is 0 Å². The molecule has 3 aromatic heterocycles. The third-order valence-corrected chi connectivity index (χ3v) is 4.17. The van der Waals surface area contributed by atoms with Crippen LogP contribution in [0.5, 0.6) is 0 Å². The molecule has 0 aromatic carbocycles. The van der Waals surface area contributed by atoms with Crippen LogP contribution in [0.3, 0.4) is 0 Å². The second-order valence-corrected chi connectivity index (χ2v) is 5.54. The quantitative estimate of drug-likeness (QED) is 0.692. The van der Waals surface area contributed by atoms with Gasteiger partial charge in [0.15, 0.2) is 6.29 Å². The van der Waals surface area contributed by atoms with Crippen molar-refractivity contribution < 1.29 is 4.79 Å². The molecule has 3 rings (SSSR count). The number of aryl methyl sites for hydroxylation is 1. The van der Waals surface area contributed by atoms with Crippen molar-refractivity contribution in [1.29, 1.82) is 0 Å². The van der Waals surface area contributed by atoms with Crippen molar-refractivity contribution in [3.05, 3.63) is 52.3 Å². The number of rotatable bonds is 3. The van der Waals surface area contributed by atoms with E-state index in [4.69, 9.17) is 11.6 Å². The van der Waals surface area contributed by atoms with Crippen molar-refractivity contribution in [2.45, 2.75) is 6.92 Å². The van der Waals surface area contributed by atoms with E-state index in [0.717, 1.165) is 22.6 Å². The SMILES string of the molecule is Cc1cc(-c2sccc2Cl)nc(-n2cccc2C=O)n1. The highest BCUT2D eigenvalue weighted by atomic mass is 35.5. The van der Waals surface area contributed by atoms with Gasteiger partial charge in [-0.05, 0) is 36.6 Å². The predicted octanol–water partition coefficient (Wildman–Crippen LogP) is 3.77. The molecular formula is C14H10ClN3OS. The average Bonchev–Trinajstić information content (AvgIpc) is 3.05. The number of aldehydes is 1. The Bertz CT molecular complexity index is 778. The van der Waals surface area contributed by atoms with E-state index >= 15 is 0 Å². The second kappa shape index (κ2) is 5.19. The normalized spacial score (nSPS) is 10.7. The first-order valence-electron chi connectivity index (χ1n) is 5.91. The minimum absolute atomic E-state index is 0.469. The van der Waals surface area contributed by atoms with E-state index in [2.05, 4.69) is 9.97 Å². The number of carbonyl (C=O) groups is 1. The van der Waals surface area contributed by atoms with Crippen LogP contribution in [0.2, 0.25) is 5.02 Å². The molecule has 0 saturated heterocycles. The Labute approximate surface area is 124 Å². The highest BCUT2D eigenvalue weighted by Gasteiger charge is 2.12. The molecule has 3 aromatic rings. The predicted molar refractivity (Wildman–Crippen MR) is 79.8 cm³/mol. The number of aromatic nitrogens is 3. The van der Waals surface area contributed by atoms with Crippen LogP contribution in [0.25, 0.3) is 16.5 Å². The number of halogens is 1. The van der Waals surface area contributed by atoms with Crippen molar-refractivity contribution in [3.63, 3.8) is 0 Å². The largest absolute Gasteiger partial charge is 0.296 e. The fourth-order valence-electron chi connectivity index (χ4n) is 1.93. The first-order valence-corrected chi connectivity index (χ1v) is 7.17. The smallest absolute Gasteiger partial charge is 0.235 e. The van der Waals surface area contributed by atoms with Crippen molar-refractivity contribution in [1.82, 2.24) is 14.5 Å². The molecule has 100 valence electrons. The Balaban J connectivity index is 2.17. The van der Waals surface area contributed by atoms with Crippen molar-refractivity contribution in [2.75, 3.05) is 0 Å². The molecule has 20 heavy (non-hydrogen) atoms. The van der Waals surface area contributed by atoms with Gasteiger partial charge in [-0.15, -0.1) is 11.3 Å². The topological polar surface area (TPSA) is 47.8 Å². The van der Waals surface area contributed by atoms with Crippen LogP contribution in [-0.4, -0.2) is 20.8 Å². The Morgan fingerprint density at radius 2 is 2.20 bits per heavy atom. The molecule has 0 aliphatic carbocycles. The fraction of sp³-hybridized carbons (Fsp3) is 0.0714. The molecular weight excluding hydrogens is 294 g/mol. The van der Waals surface area contributed by atoms with E-state index in [1.54, 1.807) is 22.9 Å². The average molecular weight is 304 g/mol. The van der Waals surface area contributed by atoms with Crippen LogP contribution in [0.1, 0.15) is 16.2 Å². The summed E-state index contributed by atoms with van der Waals surface area (Å²) in [5, 5.41) is 2.59. The van der Waals surface area contributed by atoms with Crippen molar-refractivity contribution >= 4 is 29.2 Å². The van der Waals surface area contributed by atoms with Gasteiger partial charge < -0.3 is 0 Å². The Morgan fingerprint density at radius 3 is 2.90 bits per heavy atom. The van der Waals surface area contributed by atoms with Gasteiger partial charge in [-0.25, -0.2) is 9.97 Å². The van der Waals surface area contributed by atoms with Crippen molar-refractivity contribution in [2.24, 2.45) is 0 Å². The van der Waals surface area contributed by atoms with Gasteiger partial charge >= 0.3 is 0 Å². The summed E-state index contributed by atoms with van der Waals surface area (Å²) in [7, 11) is 0. The van der Waals surface area contributed by atoms with Crippen LogP contribution in [0.15, 0.2) is 35.8 Å². The van der Waals surface area contributed by atoms with Gasteiger partial charge in [-0.1, -0.05) is 11.6 Å². The van der Waals surface area contributed by atoms with Crippen LogP contribution >= 0.6 is 22.9 Å². The zero-order chi connectivity index (χ0) is 14.1. The fourth-order valence-corrected chi connectivity index (χ4v) is 3.04. The zero-order valence-corrected chi connectivity index (χ0v) is 12.1. The summed E-state index contributed by atoms with van der Waals surface area (Å²) in [4.78, 5) is 20.8. The highest BCUT2D eigenvalue weighted by Crippen LogP contribution is 2.32. The highest BCUT2D eigenvalue weighted by molar-refractivity contribution is 7.14. The van der Waals surface area contributed by atoms with E-state index < -0.39 is 0 Å². The lowest BCUT2D eigenvalue weighted by molar-refractivity contribution is 0.111. The lowest BCUT2D eigenvalue weighted by atomic mass is 10.3. The van der Waals surface area contributed by atoms with Gasteiger partial charge in [0.05, 0.1) is 21.3 Å². The molecule has 0 amide bonds. The maximum absolute atomic E-state index is 11.0. The maximum Gasteiger partial charge on any atom is 0.235 e. The number of thiophene rings is 1. The monoisotopic (exact) mass is 303 g/mol. The Hall–Kier alpha value is -1.98. The van der Waals surface area contributed by atoms with E-state index in [1.807, 2.05) is 24.4 Å². The first kappa shape index (κ1) is 13.0. The number of carbonyl (C=O) groups excluding carboxylic acids is 1. The van der Waals surface area contributed by atoms with Crippen LogP contribution in [0.4, 0.5) is 0 Å². The lowest BCUT2D eigenvalue weighted by Crippen LogP contribution is -2.05. The molecule has 6 heteroatoms. The van der Waals surface area contributed by atoms with Gasteiger partial charge in [0.2, 0.25) is 5.95 Å². The van der Waals surface area contributed by atoms with Crippen LogP contribution in [0, 0.1) is 6.92 Å². The first-order chi connectivity index (χ1) is 9.69. The number of hydrogen-bond acceptors (Lipinski definition) is 4. The summed E-state index contributed by atoms with van der Waals surface area (Å²) in [5.74, 6) is 0.469. The second-order valence-electron chi connectivity index (χ2n) is 4.21. The van der Waals surface area contributed by atoms with Crippen LogP contribution < -0.4 is 0 Å². The minimum Gasteiger partial charge on any atom is -0.296 e. The molecule has 3 heterocycles. The summed E-state index contributed by atoms with van der Waals surface area (Å²) < 4.78 is 1.66. The number of hydrogen-bond donors (Lipinski definition) is 0. The summed E-state index contributed by atoms with van der Waals surface area (Å²) in [6, 6.07) is 7.22. The minimum atomic E-state index is 0.469. The van der Waals surface area contributed by atoms with E-state index in [1.165, 1.54) is 11.3 Å². The third kappa shape index (κ3) is 2.26. The van der Waals surface area contributed by atoms with E-state index in [-0.39, 0.29) is 0 Å². The Morgan fingerprint density at radius 1 is 1.35 bits per heavy atom. The molecule has 0 N–H and O–H groups in total. The van der Waals surface area contributed by atoms with Gasteiger partial charge in [0.25, 0.3) is 0 Å². The lowest BCUT2D eigenvalue weighted by Gasteiger charge is -2.07. The van der Waals surface area contributed by atoms with Crippen molar-refractivity contribution in [3.8, 4) is 16.5 Å². The summed E-state index contributed by atoms with van der Waals surface area (Å²) >= 11 is 7.68. The zero-order valence-electron chi connectivity index (χ0n) is 10.6. The van der Waals surface area contributed by atoms with E-state index in [9.17, 15) is 4.79 Å². The molecule has 0 radical (unpaired) electrons. The Kier molecular flexibility index (Phi) is 3.38. The van der Waals surface area contributed by atoms with E-state index in [0.29, 0.717) is 16.7 Å². The third-order valence-electron chi connectivity index (χ3n) is 2.81. The van der Waals surface area contributed by atoms with Gasteiger partial charge in [0.1, 0.15) is 0 Å². The summed E-state index contributed by atoms with van der Waals surface area (Å²) in [6.07, 6.45) is 2.54. The molecule has 0 spiro atoms. The molecule has 0 fully saturated rings. The summed E-state index contributed by atoms with van der Waals surface area (Å²) in [5.41, 5.74) is 2.09.